The topological polar surface area (TPSA) is 57.5 Å². The summed E-state index contributed by atoms with van der Waals surface area (Å²) in [6, 6.07) is 0. The predicted molar refractivity (Wildman–Crippen MR) is 36.0 cm³/mol. The lowest BCUT2D eigenvalue weighted by molar-refractivity contribution is 0.364. The Kier molecular flexibility index (Phi) is 3.12. The van der Waals surface area contributed by atoms with Gasteiger partial charge in [0.05, 0.1) is 5.66 Å². The first-order chi connectivity index (χ1) is 3.98. The molecule has 0 aliphatic heterocycles. The van der Waals surface area contributed by atoms with E-state index in [4.69, 9.17) is 9.79 Å². The summed E-state index contributed by atoms with van der Waals surface area (Å²) >= 11 is 0. The molecule has 0 aromatic rings. The van der Waals surface area contributed by atoms with Crippen LogP contribution < -0.4 is 0 Å². The Morgan fingerprint density at radius 2 is 2.11 bits per heavy atom. The van der Waals surface area contributed by atoms with E-state index in [1.165, 1.54) is 6.08 Å². The largest absolute Gasteiger partial charge is 0.328 e. The van der Waals surface area contributed by atoms with E-state index in [1.54, 1.807) is 0 Å². The smallest absolute Gasteiger partial charge is 0.324 e. The molecule has 0 spiro atoms. The van der Waals surface area contributed by atoms with Gasteiger partial charge in [0.1, 0.15) is 0 Å². The van der Waals surface area contributed by atoms with Gasteiger partial charge in [-0.3, -0.25) is 4.57 Å². The lowest BCUT2D eigenvalue weighted by Gasteiger charge is -2.09. The Bertz CT molecular complexity index is 137. The quantitative estimate of drug-likeness (QED) is 0.463. The van der Waals surface area contributed by atoms with Crippen LogP contribution in [-0.4, -0.2) is 15.4 Å². The maximum atomic E-state index is 10.3. The molecule has 0 saturated heterocycles. The average Bonchev–Trinajstić information content (AvgIpc) is 1.64. The van der Waals surface area contributed by atoms with E-state index >= 15 is 0 Å². The molecule has 0 heterocycles. The first kappa shape index (κ1) is 8.89. The lowest BCUT2D eigenvalue weighted by Crippen LogP contribution is -2.00. The minimum Gasteiger partial charge on any atom is -0.324 e. The molecule has 0 saturated carbocycles. The zero-order valence-electron chi connectivity index (χ0n) is 5.03. The molecule has 0 aromatic heterocycles. The van der Waals surface area contributed by atoms with Gasteiger partial charge in [-0.15, -0.1) is 6.58 Å². The molecule has 3 nitrogen and oxygen atoms in total. The monoisotopic (exact) mass is 149 g/mol. The minimum absolute atomic E-state index is 0.254. The van der Waals surface area contributed by atoms with Crippen LogP contribution in [0.2, 0.25) is 0 Å². The molecule has 0 bridgehead atoms. The zero-order chi connectivity index (χ0) is 7.49. The second-order valence-corrected chi connectivity index (χ2v) is 3.68. The van der Waals surface area contributed by atoms with Gasteiger partial charge in [0.2, 0.25) is 0 Å². The number of hydrogen-bond donors (Lipinski definition) is 2. The second-order valence-electron chi connectivity index (χ2n) is 1.77. The third-order valence-electron chi connectivity index (χ3n) is 0.914. The summed E-state index contributed by atoms with van der Waals surface area (Å²) < 4.78 is 10.3. The van der Waals surface area contributed by atoms with Crippen LogP contribution in [0.5, 0.6) is 0 Å². The van der Waals surface area contributed by atoms with Gasteiger partial charge >= 0.3 is 7.60 Å². The first-order valence-corrected chi connectivity index (χ1v) is 4.16. The molecule has 0 fully saturated rings. The van der Waals surface area contributed by atoms with Gasteiger partial charge in [-0.05, 0) is 13.3 Å². The van der Waals surface area contributed by atoms with E-state index in [1.807, 2.05) is 0 Å². The van der Waals surface area contributed by atoms with E-state index in [0.29, 0.717) is 0 Å². The van der Waals surface area contributed by atoms with Gasteiger partial charge in [-0.1, -0.05) is 6.08 Å². The fraction of sp³-hybridized carbons (Fsp3) is 0.400. The molecule has 1 atom stereocenters. The van der Waals surface area contributed by atoms with Crippen LogP contribution in [0.4, 0.5) is 0 Å². The highest BCUT2D eigenvalue weighted by atomic mass is 31.2. The zero-order valence-corrected chi connectivity index (χ0v) is 5.92. The minimum atomic E-state index is -3.96. The molecule has 1 radical (unpaired) electrons. The van der Waals surface area contributed by atoms with Crippen LogP contribution in [-0.2, 0) is 4.57 Å². The van der Waals surface area contributed by atoms with Crippen LogP contribution in [0.1, 0.15) is 6.42 Å². The molecule has 0 aromatic carbocycles. The highest BCUT2D eigenvalue weighted by molar-refractivity contribution is 7.52. The van der Waals surface area contributed by atoms with Crippen molar-refractivity contribution >= 4 is 7.60 Å². The predicted octanol–water partition coefficient (Wildman–Crippen LogP) is 0.943. The molecule has 0 amide bonds. The average molecular weight is 149 g/mol. The van der Waals surface area contributed by atoms with Gasteiger partial charge < -0.3 is 9.79 Å². The molecule has 0 aliphatic carbocycles. The third-order valence-corrected chi connectivity index (χ3v) is 2.08. The molecule has 1 unspecified atom stereocenters. The number of hydrogen-bond acceptors (Lipinski definition) is 1. The highest BCUT2D eigenvalue weighted by Crippen LogP contribution is 2.42. The molecular formula is C5H10O3P. The summed E-state index contributed by atoms with van der Waals surface area (Å²) in [4.78, 5) is 16.8. The molecule has 9 heavy (non-hydrogen) atoms. The van der Waals surface area contributed by atoms with Gasteiger partial charge in [-0.2, -0.15) is 0 Å². The maximum absolute atomic E-state index is 10.3. The van der Waals surface area contributed by atoms with Crippen LogP contribution in [0.15, 0.2) is 12.7 Å². The highest BCUT2D eigenvalue weighted by Gasteiger charge is 2.21. The molecule has 0 aliphatic rings. The summed E-state index contributed by atoms with van der Waals surface area (Å²) in [7, 11) is -3.96. The van der Waals surface area contributed by atoms with Crippen LogP contribution in [0, 0.1) is 6.92 Å². The van der Waals surface area contributed by atoms with Crippen LogP contribution in [0.25, 0.3) is 0 Å². The van der Waals surface area contributed by atoms with E-state index in [9.17, 15) is 4.57 Å². The molecule has 4 heteroatoms. The maximum Gasteiger partial charge on any atom is 0.328 e. The molecule has 0 rings (SSSR count). The van der Waals surface area contributed by atoms with E-state index in [-0.39, 0.29) is 6.42 Å². The van der Waals surface area contributed by atoms with Crippen molar-refractivity contribution in [3.05, 3.63) is 19.6 Å². The fourth-order valence-electron chi connectivity index (χ4n) is 0.330. The Balaban J connectivity index is 3.88. The van der Waals surface area contributed by atoms with Gasteiger partial charge in [0, 0.05) is 0 Å². The van der Waals surface area contributed by atoms with Crippen molar-refractivity contribution in [2.75, 3.05) is 0 Å². The van der Waals surface area contributed by atoms with Gasteiger partial charge in [0.15, 0.2) is 0 Å². The molecule has 53 valence electrons. The first-order valence-electron chi connectivity index (χ1n) is 2.47. The van der Waals surface area contributed by atoms with Crippen molar-refractivity contribution in [3.63, 3.8) is 0 Å². The Labute approximate surface area is 54.6 Å². The van der Waals surface area contributed by atoms with E-state index in [2.05, 4.69) is 13.5 Å². The summed E-state index contributed by atoms with van der Waals surface area (Å²) in [6.07, 6.45) is 1.70. The Morgan fingerprint density at radius 1 is 1.67 bits per heavy atom. The van der Waals surface area contributed by atoms with Crippen molar-refractivity contribution in [2.45, 2.75) is 12.1 Å². The third kappa shape index (κ3) is 3.46. The van der Waals surface area contributed by atoms with E-state index in [0.717, 1.165) is 0 Å². The van der Waals surface area contributed by atoms with Gasteiger partial charge in [-0.25, -0.2) is 0 Å². The lowest BCUT2D eigenvalue weighted by atomic mass is 10.3. The fourth-order valence-corrected chi connectivity index (χ4v) is 0.753. The van der Waals surface area contributed by atoms with Crippen molar-refractivity contribution in [1.29, 1.82) is 0 Å². The van der Waals surface area contributed by atoms with Crippen molar-refractivity contribution in [1.82, 2.24) is 0 Å². The summed E-state index contributed by atoms with van der Waals surface area (Å²) in [5.74, 6) is 0. The van der Waals surface area contributed by atoms with Crippen LogP contribution in [0.3, 0.4) is 0 Å². The SMILES string of the molecule is [CH2]C(CC=C)P(=O)(O)O. The van der Waals surface area contributed by atoms with Crippen molar-refractivity contribution < 1.29 is 14.4 Å². The number of rotatable bonds is 3. The normalized spacial score (nSPS) is 15.0. The molecule has 2 N–H and O–H groups in total. The Morgan fingerprint density at radius 3 is 2.22 bits per heavy atom. The van der Waals surface area contributed by atoms with Crippen LogP contribution >= 0.6 is 7.60 Å². The summed E-state index contributed by atoms with van der Waals surface area (Å²) in [5, 5.41) is 0. The Hall–Kier alpha value is -0.110. The van der Waals surface area contributed by atoms with Crippen molar-refractivity contribution in [3.8, 4) is 0 Å². The summed E-state index contributed by atoms with van der Waals surface area (Å²) in [6.45, 7) is 6.60. The van der Waals surface area contributed by atoms with Crippen molar-refractivity contribution in [2.24, 2.45) is 0 Å². The standard InChI is InChI=1S/C5H10O3P/c1-3-4-5(2)9(6,7)8/h3,5H,1-2,4H2,(H2,6,7,8). The van der Waals surface area contributed by atoms with Gasteiger partial charge in [0.25, 0.3) is 0 Å². The molecular weight excluding hydrogens is 139 g/mol. The number of allylic oxidation sites excluding steroid dienone is 1. The summed E-state index contributed by atoms with van der Waals surface area (Å²) in [5.41, 5.74) is -0.838. The van der Waals surface area contributed by atoms with E-state index < -0.39 is 13.3 Å². The second kappa shape index (κ2) is 3.16.